The number of amides is 1. The highest BCUT2D eigenvalue weighted by Crippen LogP contribution is 2.42. The van der Waals surface area contributed by atoms with Gasteiger partial charge in [-0.1, -0.05) is 53.2 Å². The smallest absolute Gasteiger partial charge is 0.351 e. The van der Waals surface area contributed by atoms with E-state index >= 15 is 0 Å². The molecule has 0 bridgehead atoms. The highest BCUT2D eigenvalue weighted by atomic mass is 35.5. The molecular weight excluding hydrogens is 408 g/mol. The fourth-order valence-electron chi connectivity index (χ4n) is 2.98. The molecule has 2 aromatic carbocycles. The van der Waals surface area contributed by atoms with Crippen molar-refractivity contribution in [3.05, 3.63) is 75.3 Å². The lowest BCUT2D eigenvalue weighted by atomic mass is 10.1. The summed E-state index contributed by atoms with van der Waals surface area (Å²) in [7, 11) is 0. The van der Waals surface area contributed by atoms with Crippen LogP contribution in [0.1, 0.15) is 18.1 Å². The third-order valence-corrected chi connectivity index (χ3v) is 5.86. The van der Waals surface area contributed by atoms with Gasteiger partial charge in [0.15, 0.2) is 5.57 Å². The molecule has 29 heavy (non-hydrogen) atoms. The molecule has 3 rings (SSSR count). The average Bonchev–Trinajstić information content (AvgIpc) is 2.99. The molecule has 148 valence electrons. The first-order valence-corrected chi connectivity index (χ1v) is 10.3. The molecule has 1 aliphatic rings. The van der Waals surface area contributed by atoms with Gasteiger partial charge in [0.1, 0.15) is 11.1 Å². The van der Waals surface area contributed by atoms with E-state index in [1.165, 1.54) is 16.7 Å². The van der Waals surface area contributed by atoms with E-state index in [0.29, 0.717) is 22.2 Å². The van der Waals surface area contributed by atoms with Crippen molar-refractivity contribution in [3.63, 3.8) is 0 Å². The Morgan fingerprint density at radius 2 is 2.00 bits per heavy atom. The number of hydrogen-bond acceptors (Lipinski definition) is 5. The number of rotatable bonds is 5. The molecule has 0 spiro atoms. The van der Waals surface area contributed by atoms with Gasteiger partial charge in [-0.3, -0.25) is 9.69 Å². The Morgan fingerprint density at radius 1 is 1.28 bits per heavy atom. The van der Waals surface area contributed by atoms with Gasteiger partial charge < -0.3 is 4.74 Å². The van der Waals surface area contributed by atoms with E-state index in [1.807, 2.05) is 43.3 Å². The van der Waals surface area contributed by atoms with Crippen molar-refractivity contribution in [2.24, 2.45) is 0 Å². The number of carbonyl (C=O) groups excluding carboxylic acids is 2. The molecule has 1 atom stereocenters. The van der Waals surface area contributed by atoms with Crippen LogP contribution in [-0.4, -0.2) is 23.7 Å². The van der Waals surface area contributed by atoms with Crippen molar-refractivity contribution in [1.82, 2.24) is 0 Å². The van der Waals surface area contributed by atoms with Gasteiger partial charge >= 0.3 is 5.97 Å². The maximum Gasteiger partial charge on any atom is 0.351 e. The third kappa shape index (κ3) is 4.64. The second-order valence-electron chi connectivity index (χ2n) is 6.46. The van der Waals surface area contributed by atoms with Gasteiger partial charge in [-0.25, -0.2) is 4.79 Å². The largest absolute Gasteiger partial charge is 0.462 e. The van der Waals surface area contributed by atoms with E-state index in [9.17, 15) is 14.9 Å². The standard InChI is InChI=1S/C22H19ClN2O3S/c1-3-28-22(27)18(13-24)21-25(17-9-7-14(2)8-10-17)20(26)19(29-21)12-15-5-4-6-16(23)11-15/h4-11,19H,3,12H2,1-2H3/b21-18-. The van der Waals surface area contributed by atoms with Crippen molar-refractivity contribution in [2.45, 2.75) is 25.5 Å². The number of esters is 1. The van der Waals surface area contributed by atoms with Crippen molar-refractivity contribution < 1.29 is 14.3 Å². The molecule has 7 heteroatoms. The van der Waals surface area contributed by atoms with Crippen LogP contribution < -0.4 is 4.90 Å². The number of carbonyl (C=O) groups is 2. The normalized spacial score (nSPS) is 17.8. The highest BCUT2D eigenvalue weighted by molar-refractivity contribution is 8.05. The molecule has 1 saturated heterocycles. The minimum Gasteiger partial charge on any atom is -0.462 e. The van der Waals surface area contributed by atoms with E-state index in [-0.39, 0.29) is 18.1 Å². The number of ether oxygens (including phenoxy) is 1. The first-order valence-electron chi connectivity index (χ1n) is 9.07. The van der Waals surface area contributed by atoms with Crippen molar-refractivity contribution in [2.75, 3.05) is 11.5 Å². The maximum atomic E-state index is 13.3. The first-order chi connectivity index (χ1) is 13.9. The molecule has 1 amide bonds. The number of thioether (sulfide) groups is 1. The zero-order chi connectivity index (χ0) is 21.0. The summed E-state index contributed by atoms with van der Waals surface area (Å²) in [5.41, 5.74) is 2.39. The predicted molar refractivity (Wildman–Crippen MR) is 114 cm³/mol. The molecule has 0 aliphatic carbocycles. The van der Waals surface area contributed by atoms with Crippen LogP contribution in [0.4, 0.5) is 5.69 Å². The monoisotopic (exact) mass is 426 g/mol. The van der Waals surface area contributed by atoms with Crippen LogP contribution in [0.25, 0.3) is 0 Å². The van der Waals surface area contributed by atoms with Gasteiger partial charge in [0.05, 0.1) is 11.9 Å². The van der Waals surface area contributed by atoms with Gasteiger partial charge in [-0.05, 0) is 50.1 Å². The SMILES string of the molecule is CCOC(=O)/C(C#N)=C1\SC(Cc2cccc(Cl)c2)C(=O)N1c1ccc(C)cc1. The summed E-state index contributed by atoms with van der Waals surface area (Å²) in [6.07, 6.45) is 0.428. The van der Waals surface area contributed by atoms with Gasteiger partial charge in [-0.15, -0.1) is 0 Å². The number of hydrogen-bond donors (Lipinski definition) is 0. The molecule has 0 saturated carbocycles. The quantitative estimate of drug-likeness (QED) is 0.395. The molecule has 1 heterocycles. The predicted octanol–water partition coefficient (Wildman–Crippen LogP) is 4.64. The van der Waals surface area contributed by atoms with Crippen LogP contribution >= 0.6 is 23.4 Å². The summed E-state index contributed by atoms with van der Waals surface area (Å²) in [6, 6.07) is 16.6. The Kier molecular flexibility index (Phi) is 6.63. The fraction of sp³-hybridized carbons (Fsp3) is 0.227. The van der Waals surface area contributed by atoms with Crippen molar-refractivity contribution in [3.8, 4) is 6.07 Å². The summed E-state index contributed by atoms with van der Waals surface area (Å²) in [5.74, 6) is -0.920. The lowest BCUT2D eigenvalue weighted by Crippen LogP contribution is -2.30. The molecule has 1 fully saturated rings. The summed E-state index contributed by atoms with van der Waals surface area (Å²) in [4.78, 5) is 27.0. The van der Waals surface area contributed by atoms with Gasteiger partial charge in [0.2, 0.25) is 5.91 Å². The second-order valence-corrected chi connectivity index (χ2v) is 8.09. The average molecular weight is 427 g/mol. The molecule has 0 aromatic heterocycles. The number of aryl methyl sites for hydroxylation is 1. The molecule has 0 radical (unpaired) electrons. The Bertz CT molecular complexity index is 1010. The van der Waals surface area contributed by atoms with E-state index in [0.717, 1.165) is 11.1 Å². The van der Waals surface area contributed by atoms with Gasteiger partial charge in [0, 0.05) is 10.7 Å². The van der Waals surface area contributed by atoms with Gasteiger partial charge in [-0.2, -0.15) is 5.26 Å². The van der Waals surface area contributed by atoms with Crippen LogP contribution in [0.3, 0.4) is 0 Å². The number of nitriles is 1. The van der Waals surface area contributed by atoms with Crippen LogP contribution in [0.5, 0.6) is 0 Å². The van der Waals surface area contributed by atoms with E-state index < -0.39 is 11.2 Å². The van der Waals surface area contributed by atoms with Crippen LogP contribution in [0.15, 0.2) is 59.1 Å². The van der Waals surface area contributed by atoms with Crippen LogP contribution in [0, 0.1) is 18.3 Å². The summed E-state index contributed by atoms with van der Waals surface area (Å²) >= 11 is 7.27. The zero-order valence-corrected chi connectivity index (χ0v) is 17.6. The van der Waals surface area contributed by atoms with Crippen molar-refractivity contribution >= 4 is 40.9 Å². The molecule has 5 nitrogen and oxygen atoms in total. The summed E-state index contributed by atoms with van der Waals surface area (Å²) in [5, 5.41) is 10.0. The summed E-state index contributed by atoms with van der Waals surface area (Å²) < 4.78 is 5.03. The number of benzene rings is 2. The summed E-state index contributed by atoms with van der Waals surface area (Å²) in [6.45, 7) is 3.76. The van der Waals surface area contributed by atoms with Crippen LogP contribution in [0.2, 0.25) is 5.02 Å². The molecule has 0 N–H and O–H groups in total. The Balaban J connectivity index is 2.03. The van der Waals surface area contributed by atoms with Crippen LogP contribution in [-0.2, 0) is 20.7 Å². The molecule has 1 aliphatic heterocycles. The minimum atomic E-state index is -0.731. The third-order valence-electron chi connectivity index (χ3n) is 4.36. The molecule has 1 unspecified atom stereocenters. The van der Waals surface area contributed by atoms with Gasteiger partial charge in [0.25, 0.3) is 0 Å². The first kappa shape index (κ1) is 21.0. The Morgan fingerprint density at radius 3 is 2.62 bits per heavy atom. The fourth-order valence-corrected chi connectivity index (χ4v) is 4.49. The van der Waals surface area contributed by atoms with E-state index in [1.54, 1.807) is 25.1 Å². The molecule has 2 aromatic rings. The maximum absolute atomic E-state index is 13.3. The lowest BCUT2D eigenvalue weighted by Gasteiger charge is -2.18. The highest BCUT2D eigenvalue weighted by Gasteiger charge is 2.41. The van der Waals surface area contributed by atoms with Crippen molar-refractivity contribution in [1.29, 1.82) is 5.26 Å². The van der Waals surface area contributed by atoms with E-state index in [2.05, 4.69) is 0 Å². The van der Waals surface area contributed by atoms with E-state index in [4.69, 9.17) is 16.3 Å². The second kappa shape index (κ2) is 9.17. The number of halogens is 1. The zero-order valence-electron chi connectivity index (χ0n) is 16.0. The lowest BCUT2D eigenvalue weighted by molar-refractivity contribution is -0.138. The Labute approximate surface area is 178 Å². The topological polar surface area (TPSA) is 70.4 Å². The number of nitrogens with zero attached hydrogens (tertiary/aromatic N) is 2. The Hall–Kier alpha value is -2.75. The minimum absolute atomic E-state index is 0.145. The molecular formula is C22H19ClN2O3S. The number of anilines is 1.